The van der Waals surface area contributed by atoms with E-state index in [0.717, 1.165) is 103 Å². The van der Waals surface area contributed by atoms with Gasteiger partial charge in [0.05, 0.1) is 0 Å². The van der Waals surface area contributed by atoms with Crippen LogP contribution in [0.1, 0.15) is 220 Å². The highest BCUT2D eigenvalue weighted by Gasteiger charge is 2.19. The van der Waals surface area contributed by atoms with E-state index in [1.165, 1.54) is 70.6 Å². The van der Waals surface area contributed by atoms with Crippen LogP contribution < -0.4 is 0 Å². The molecule has 1 atom stereocenters. The van der Waals surface area contributed by atoms with Crippen LogP contribution in [0.2, 0.25) is 0 Å². The van der Waals surface area contributed by atoms with Gasteiger partial charge in [-0.15, -0.1) is 0 Å². The number of ether oxygens (including phenoxy) is 3. The summed E-state index contributed by atoms with van der Waals surface area (Å²) in [5.74, 6) is -1.02. The Hall–Kier alpha value is -4.19. The Kier molecular flexibility index (Phi) is 50.0. The van der Waals surface area contributed by atoms with E-state index in [-0.39, 0.29) is 31.6 Å². The molecule has 66 heavy (non-hydrogen) atoms. The van der Waals surface area contributed by atoms with Crippen molar-refractivity contribution in [1.82, 2.24) is 0 Å². The maximum atomic E-state index is 12.7. The van der Waals surface area contributed by atoms with Crippen molar-refractivity contribution in [2.24, 2.45) is 0 Å². The van der Waals surface area contributed by atoms with Crippen LogP contribution in [0.25, 0.3) is 0 Å². The van der Waals surface area contributed by atoms with Gasteiger partial charge in [-0.1, -0.05) is 226 Å². The van der Waals surface area contributed by atoms with Gasteiger partial charge in [0, 0.05) is 19.3 Å². The van der Waals surface area contributed by atoms with Gasteiger partial charge < -0.3 is 14.2 Å². The molecule has 0 aromatic heterocycles. The summed E-state index contributed by atoms with van der Waals surface area (Å²) in [6.45, 7) is 6.27. The SMILES string of the molecule is CC/C=C\C/C=C\C/C=C\C/C=C\C/C=C\C/C=C\CCC(=O)OC(COC(=O)CCCCCCCC)COC(=O)CCCCCCCCCCCC/C=C\C/C=C\C/C=C\C/C=C\CC. The van der Waals surface area contributed by atoms with E-state index in [0.29, 0.717) is 19.3 Å². The maximum absolute atomic E-state index is 12.7. The molecular formula is C60H96O6. The van der Waals surface area contributed by atoms with Gasteiger partial charge in [-0.3, -0.25) is 14.4 Å². The van der Waals surface area contributed by atoms with Gasteiger partial charge in [0.1, 0.15) is 13.2 Å². The number of carbonyl (C=O) groups is 3. The van der Waals surface area contributed by atoms with E-state index in [4.69, 9.17) is 14.2 Å². The fourth-order valence-corrected chi connectivity index (χ4v) is 6.81. The fourth-order valence-electron chi connectivity index (χ4n) is 6.81. The van der Waals surface area contributed by atoms with Gasteiger partial charge in [0.15, 0.2) is 6.10 Å². The Morgan fingerprint density at radius 3 is 0.985 bits per heavy atom. The molecule has 0 aromatic carbocycles. The summed E-state index contributed by atoms with van der Waals surface area (Å²) in [6, 6.07) is 0. The fraction of sp³-hybridized carbons (Fsp3) is 0.617. The van der Waals surface area contributed by atoms with Gasteiger partial charge in [0.2, 0.25) is 0 Å². The molecule has 1 unspecified atom stereocenters. The highest BCUT2D eigenvalue weighted by Crippen LogP contribution is 2.14. The third-order valence-corrected chi connectivity index (χ3v) is 10.7. The van der Waals surface area contributed by atoms with Crippen LogP contribution in [-0.4, -0.2) is 37.2 Å². The number of unbranched alkanes of at least 4 members (excludes halogenated alkanes) is 15. The number of carbonyl (C=O) groups excluding carboxylic acids is 3. The number of hydrogen-bond donors (Lipinski definition) is 0. The Bertz CT molecular complexity index is 1420. The third kappa shape index (κ3) is 50.8. The molecule has 0 aliphatic heterocycles. The largest absolute Gasteiger partial charge is 0.462 e. The zero-order valence-electron chi connectivity index (χ0n) is 42.4. The highest BCUT2D eigenvalue weighted by molar-refractivity contribution is 5.71. The minimum absolute atomic E-state index is 0.112. The highest BCUT2D eigenvalue weighted by atomic mass is 16.6. The van der Waals surface area contributed by atoms with Gasteiger partial charge >= 0.3 is 17.9 Å². The summed E-state index contributed by atoms with van der Waals surface area (Å²) < 4.78 is 16.6. The molecule has 0 heterocycles. The molecule has 0 fully saturated rings. The first-order valence-corrected chi connectivity index (χ1v) is 26.5. The predicted molar refractivity (Wildman–Crippen MR) is 283 cm³/mol. The van der Waals surface area contributed by atoms with Crippen molar-refractivity contribution in [3.8, 4) is 0 Å². The van der Waals surface area contributed by atoms with Crippen molar-refractivity contribution in [2.75, 3.05) is 13.2 Å². The molecule has 0 radical (unpaired) electrons. The first kappa shape index (κ1) is 61.8. The average Bonchev–Trinajstić information content (AvgIpc) is 3.31. The van der Waals surface area contributed by atoms with Crippen LogP contribution in [0.4, 0.5) is 0 Å². The van der Waals surface area contributed by atoms with E-state index in [9.17, 15) is 14.4 Å². The maximum Gasteiger partial charge on any atom is 0.306 e. The summed E-state index contributed by atoms with van der Waals surface area (Å²) in [6.07, 6.45) is 73.7. The van der Waals surface area contributed by atoms with E-state index in [1.54, 1.807) is 0 Å². The summed E-state index contributed by atoms with van der Waals surface area (Å²) in [4.78, 5) is 37.8. The Morgan fingerprint density at radius 1 is 0.318 bits per heavy atom. The van der Waals surface area contributed by atoms with Crippen LogP contribution >= 0.6 is 0 Å². The third-order valence-electron chi connectivity index (χ3n) is 10.7. The normalized spacial score (nSPS) is 13.1. The predicted octanol–water partition coefficient (Wildman–Crippen LogP) is 17.7. The van der Waals surface area contributed by atoms with Gasteiger partial charge in [-0.25, -0.2) is 0 Å². The van der Waals surface area contributed by atoms with Crippen LogP contribution in [0.3, 0.4) is 0 Å². The van der Waals surface area contributed by atoms with E-state index in [1.807, 2.05) is 12.2 Å². The second kappa shape index (κ2) is 53.4. The Morgan fingerprint density at radius 2 is 0.621 bits per heavy atom. The van der Waals surface area contributed by atoms with Crippen molar-refractivity contribution < 1.29 is 28.6 Å². The lowest BCUT2D eigenvalue weighted by Crippen LogP contribution is -2.30. The van der Waals surface area contributed by atoms with Crippen molar-refractivity contribution >= 4 is 17.9 Å². The topological polar surface area (TPSA) is 78.9 Å². The molecule has 0 saturated carbocycles. The molecule has 372 valence electrons. The first-order chi connectivity index (χ1) is 32.5. The molecule has 0 rings (SSSR count). The standard InChI is InChI=1S/C60H96O6/c1-4-7-10-13-16-18-20-22-24-26-28-29-30-31-33-34-36-38-40-42-44-47-50-53-59(62)65-56-57(55-64-58(61)52-49-46-15-12-9-6-3)66-60(63)54-51-48-45-43-41-39-37-35-32-27-25-23-21-19-17-14-11-8-5-2/h7-8,10-11,16-19,22-25,28-29,32,35,39,41,45,48,57H,4-6,9,12-15,20-21,26-27,30-31,33-34,36-38,40,42-44,46-47,49-56H2,1-3H3/b10-7-,11-8-,18-16-,19-17-,24-22-,25-23-,29-28-,35-32-,41-39-,48-45-. The van der Waals surface area contributed by atoms with Crippen molar-refractivity contribution in [1.29, 1.82) is 0 Å². The molecule has 6 heteroatoms. The van der Waals surface area contributed by atoms with Crippen LogP contribution in [0, 0.1) is 0 Å². The molecule has 0 saturated heterocycles. The molecular weight excluding hydrogens is 817 g/mol. The Balaban J connectivity index is 4.31. The van der Waals surface area contributed by atoms with E-state index in [2.05, 4.69) is 130 Å². The lowest BCUT2D eigenvalue weighted by atomic mass is 10.1. The van der Waals surface area contributed by atoms with Crippen LogP contribution in [-0.2, 0) is 28.6 Å². The lowest BCUT2D eigenvalue weighted by molar-refractivity contribution is -0.166. The monoisotopic (exact) mass is 913 g/mol. The minimum Gasteiger partial charge on any atom is -0.462 e. The molecule has 0 spiro atoms. The molecule has 0 bridgehead atoms. The average molecular weight is 913 g/mol. The zero-order chi connectivity index (χ0) is 47.9. The second-order valence-corrected chi connectivity index (χ2v) is 17.0. The number of allylic oxidation sites excluding steroid dienone is 20. The summed E-state index contributed by atoms with van der Waals surface area (Å²) >= 11 is 0. The molecule has 0 aliphatic rings. The Labute approximate surface area is 405 Å². The first-order valence-electron chi connectivity index (χ1n) is 26.5. The zero-order valence-corrected chi connectivity index (χ0v) is 42.4. The van der Waals surface area contributed by atoms with Crippen molar-refractivity contribution in [2.45, 2.75) is 226 Å². The summed E-state index contributed by atoms with van der Waals surface area (Å²) in [7, 11) is 0. The molecule has 0 N–H and O–H groups in total. The quantitative estimate of drug-likeness (QED) is 0.0262. The minimum atomic E-state index is -0.819. The number of rotatable bonds is 46. The van der Waals surface area contributed by atoms with Gasteiger partial charge in [-0.05, 0) is 96.3 Å². The van der Waals surface area contributed by atoms with Gasteiger partial charge in [-0.2, -0.15) is 0 Å². The summed E-state index contributed by atoms with van der Waals surface area (Å²) in [5, 5.41) is 0. The van der Waals surface area contributed by atoms with Crippen molar-refractivity contribution in [3.63, 3.8) is 0 Å². The van der Waals surface area contributed by atoms with Gasteiger partial charge in [0.25, 0.3) is 0 Å². The number of esters is 3. The summed E-state index contributed by atoms with van der Waals surface area (Å²) in [5.41, 5.74) is 0. The smallest absolute Gasteiger partial charge is 0.306 e. The number of hydrogen-bond acceptors (Lipinski definition) is 6. The van der Waals surface area contributed by atoms with Crippen LogP contribution in [0.15, 0.2) is 122 Å². The second-order valence-electron chi connectivity index (χ2n) is 17.0. The van der Waals surface area contributed by atoms with E-state index < -0.39 is 12.1 Å². The molecule has 6 nitrogen and oxygen atoms in total. The van der Waals surface area contributed by atoms with E-state index >= 15 is 0 Å². The van der Waals surface area contributed by atoms with Crippen molar-refractivity contribution in [3.05, 3.63) is 122 Å². The van der Waals surface area contributed by atoms with Crippen LogP contribution in [0.5, 0.6) is 0 Å². The molecule has 0 aliphatic carbocycles. The lowest BCUT2D eigenvalue weighted by Gasteiger charge is -2.18. The molecule has 0 amide bonds. The molecule has 0 aromatic rings.